The Kier molecular flexibility index (Phi) is 3.73. The number of halogens is 2. The maximum atomic E-state index is 13.6. The number of carbonyl (C=O) groups is 1. The second kappa shape index (κ2) is 6.06. The van der Waals surface area contributed by atoms with Crippen molar-refractivity contribution in [2.75, 3.05) is 0 Å². The van der Waals surface area contributed by atoms with Gasteiger partial charge in [-0.3, -0.25) is 4.79 Å². The van der Waals surface area contributed by atoms with Gasteiger partial charge in [-0.25, -0.2) is 13.5 Å². The van der Waals surface area contributed by atoms with Crippen molar-refractivity contribution in [1.82, 2.24) is 14.8 Å². The predicted molar refractivity (Wildman–Crippen MR) is 88.8 cm³/mol. The number of thiazole rings is 1. The highest BCUT2D eigenvalue weighted by molar-refractivity contribution is 7.12. The standard InChI is InChI=1S/C17H9F2N3O2S/c18-12-6-5-10(7-13(12)19)16-11-3-1-2-4-14(11)22(21-16)17-20-15(8-25-17)24-9-23/h1-9H. The van der Waals surface area contributed by atoms with Crippen LogP contribution in [0.1, 0.15) is 0 Å². The normalized spacial score (nSPS) is 11.0. The smallest absolute Gasteiger partial charge is 0.299 e. The van der Waals surface area contributed by atoms with Crippen LogP contribution < -0.4 is 4.74 Å². The number of aromatic nitrogens is 3. The zero-order valence-corrected chi connectivity index (χ0v) is 13.3. The lowest BCUT2D eigenvalue weighted by Gasteiger charge is -1.99. The van der Waals surface area contributed by atoms with E-state index < -0.39 is 11.6 Å². The molecule has 124 valence electrons. The number of carbonyl (C=O) groups excluding carboxylic acids is 1. The number of hydrogen-bond donors (Lipinski definition) is 0. The third-order valence-corrected chi connectivity index (χ3v) is 4.40. The van der Waals surface area contributed by atoms with E-state index >= 15 is 0 Å². The second-order valence-electron chi connectivity index (χ2n) is 5.09. The van der Waals surface area contributed by atoms with Crippen LogP contribution in [0.2, 0.25) is 0 Å². The number of fused-ring (bicyclic) bond motifs is 1. The molecule has 4 aromatic rings. The number of rotatable bonds is 4. The number of benzene rings is 2. The van der Waals surface area contributed by atoms with Crippen molar-refractivity contribution in [3.63, 3.8) is 0 Å². The molecule has 0 aliphatic carbocycles. The topological polar surface area (TPSA) is 57.0 Å². The van der Waals surface area contributed by atoms with Gasteiger partial charge in [-0.05, 0) is 24.3 Å². The average Bonchev–Trinajstić information content (AvgIpc) is 3.22. The molecule has 0 fully saturated rings. The molecule has 0 spiro atoms. The molecular formula is C17H9F2N3O2S. The zero-order valence-electron chi connectivity index (χ0n) is 12.5. The molecule has 0 bridgehead atoms. The van der Waals surface area contributed by atoms with Crippen molar-refractivity contribution in [2.45, 2.75) is 0 Å². The Hall–Kier alpha value is -3.13. The van der Waals surface area contributed by atoms with E-state index in [0.717, 1.165) is 23.0 Å². The van der Waals surface area contributed by atoms with Crippen molar-refractivity contribution < 1.29 is 18.3 Å². The minimum Gasteiger partial charge on any atom is -0.409 e. The van der Waals surface area contributed by atoms with Gasteiger partial charge in [0.05, 0.1) is 10.9 Å². The van der Waals surface area contributed by atoms with Crippen LogP contribution in [0.3, 0.4) is 0 Å². The first-order valence-electron chi connectivity index (χ1n) is 7.17. The number of para-hydroxylation sites is 1. The fourth-order valence-electron chi connectivity index (χ4n) is 2.52. The van der Waals surface area contributed by atoms with Crippen LogP contribution in [0.4, 0.5) is 8.78 Å². The van der Waals surface area contributed by atoms with Crippen LogP contribution in [0.25, 0.3) is 27.3 Å². The summed E-state index contributed by atoms with van der Waals surface area (Å²) in [4.78, 5) is 14.6. The van der Waals surface area contributed by atoms with E-state index in [1.807, 2.05) is 24.3 Å². The Labute approximate surface area is 144 Å². The van der Waals surface area contributed by atoms with Gasteiger partial charge in [-0.1, -0.05) is 29.5 Å². The fraction of sp³-hybridized carbons (Fsp3) is 0. The summed E-state index contributed by atoms with van der Waals surface area (Å²) in [7, 11) is 0. The minimum atomic E-state index is -0.938. The van der Waals surface area contributed by atoms with Gasteiger partial charge < -0.3 is 4.74 Å². The molecule has 5 nitrogen and oxygen atoms in total. The summed E-state index contributed by atoms with van der Waals surface area (Å²) in [6.45, 7) is 0.298. The Morgan fingerprint density at radius 1 is 1.12 bits per heavy atom. The molecule has 0 unspecified atom stereocenters. The van der Waals surface area contributed by atoms with E-state index in [1.165, 1.54) is 17.4 Å². The van der Waals surface area contributed by atoms with Gasteiger partial charge in [-0.15, -0.1) is 0 Å². The monoisotopic (exact) mass is 357 g/mol. The lowest BCUT2D eigenvalue weighted by molar-refractivity contribution is -0.120. The van der Waals surface area contributed by atoms with Crippen molar-refractivity contribution >= 4 is 28.7 Å². The molecule has 8 heteroatoms. The van der Waals surface area contributed by atoms with Crippen LogP contribution in [-0.4, -0.2) is 21.2 Å². The summed E-state index contributed by atoms with van der Waals surface area (Å²) in [6.07, 6.45) is 0. The largest absolute Gasteiger partial charge is 0.409 e. The number of ether oxygens (including phenoxy) is 1. The van der Waals surface area contributed by atoms with E-state index in [-0.39, 0.29) is 5.88 Å². The average molecular weight is 357 g/mol. The highest BCUT2D eigenvalue weighted by Gasteiger charge is 2.17. The quantitative estimate of drug-likeness (QED) is 0.519. The second-order valence-corrected chi connectivity index (χ2v) is 5.93. The van der Waals surface area contributed by atoms with Crippen LogP contribution in [0.15, 0.2) is 47.8 Å². The molecule has 0 saturated heterocycles. The summed E-state index contributed by atoms with van der Waals surface area (Å²) in [6, 6.07) is 11.0. The molecule has 0 saturated carbocycles. The predicted octanol–water partition coefficient (Wildman–Crippen LogP) is 3.96. The van der Waals surface area contributed by atoms with E-state index in [1.54, 1.807) is 10.1 Å². The summed E-state index contributed by atoms with van der Waals surface area (Å²) < 4.78 is 33.1. The lowest BCUT2D eigenvalue weighted by atomic mass is 10.1. The fourth-order valence-corrected chi connectivity index (χ4v) is 3.22. The molecule has 0 aliphatic rings. The molecule has 2 aromatic carbocycles. The van der Waals surface area contributed by atoms with Crippen LogP contribution in [0.5, 0.6) is 5.88 Å². The first kappa shape index (κ1) is 15.4. The van der Waals surface area contributed by atoms with E-state index in [0.29, 0.717) is 22.9 Å². The van der Waals surface area contributed by atoms with Crippen molar-refractivity contribution in [1.29, 1.82) is 0 Å². The highest BCUT2D eigenvalue weighted by Crippen LogP contribution is 2.32. The lowest BCUT2D eigenvalue weighted by Crippen LogP contribution is -1.97. The number of nitrogens with zero attached hydrogens (tertiary/aromatic N) is 3. The minimum absolute atomic E-state index is 0.170. The zero-order chi connectivity index (χ0) is 17.4. The maximum absolute atomic E-state index is 13.6. The molecule has 0 amide bonds. The Bertz CT molecular complexity index is 1090. The molecule has 0 aliphatic heterocycles. The van der Waals surface area contributed by atoms with Gasteiger partial charge in [0.25, 0.3) is 6.47 Å². The van der Waals surface area contributed by atoms with Gasteiger partial charge in [0.1, 0.15) is 5.69 Å². The van der Waals surface area contributed by atoms with Crippen LogP contribution >= 0.6 is 11.3 Å². The Morgan fingerprint density at radius 3 is 2.76 bits per heavy atom. The van der Waals surface area contributed by atoms with Gasteiger partial charge in [0.15, 0.2) is 11.6 Å². The molecule has 0 N–H and O–H groups in total. The Morgan fingerprint density at radius 2 is 1.96 bits per heavy atom. The number of hydrogen-bond acceptors (Lipinski definition) is 5. The maximum Gasteiger partial charge on any atom is 0.299 e. The van der Waals surface area contributed by atoms with Crippen molar-refractivity contribution in [3.8, 4) is 22.3 Å². The summed E-state index contributed by atoms with van der Waals surface area (Å²) in [5.74, 6) is -1.68. The first-order chi connectivity index (χ1) is 12.2. The van der Waals surface area contributed by atoms with Gasteiger partial charge in [0.2, 0.25) is 11.0 Å². The summed E-state index contributed by atoms with van der Waals surface area (Å²) in [5, 5.41) is 7.34. The van der Waals surface area contributed by atoms with Gasteiger partial charge in [0, 0.05) is 10.9 Å². The molecule has 0 atom stereocenters. The molecule has 0 radical (unpaired) electrons. The van der Waals surface area contributed by atoms with Gasteiger partial charge in [-0.2, -0.15) is 10.1 Å². The van der Waals surface area contributed by atoms with E-state index in [4.69, 9.17) is 4.74 Å². The highest BCUT2D eigenvalue weighted by atomic mass is 32.1. The summed E-state index contributed by atoms with van der Waals surface area (Å²) in [5.41, 5.74) is 1.70. The van der Waals surface area contributed by atoms with Gasteiger partial charge >= 0.3 is 0 Å². The molecule has 2 heterocycles. The molecule has 25 heavy (non-hydrogen) atoms. The third kappa shape index (κ3) is 2.66. The van der Waals surface area contributed by atoms with E-state index in [9.17, 15) is 13.6 Å². The van der Waals surface area contributed by atoms with Crippen molar-refractivity contribution in [3.05, 3.63) is 59.5 Å². The molecule has 2 aromatic heterocycles. The molecular weight excluding hydrogens is 348 g/mol. The first-order valence-corrected chi connectivity index (χ1v) is 8.05. The Balaban J connectivity index is 1.91. The summed E-state index contributed by atoms with van der Waals surface area (Å²) >= 11 is 1.24. The van der Waals surface area contributed by atoms with E-state index in [2.05, 4.69) is 10.1 Å². The van der Waals surface area contributed by atoms with Crippen LogP contribution in [-0.2, 0) is 4.79 Å². The molecule has 4 rings (SSSR count). The van der Waals surface area contributed by atoms with Crippen LogP contribution in [0, 0.1) is 11.6 Å². The third-order valence-electron chi connectivity index (χ3n) is 3.60. The SMILES string of the molecule is O=COc1csc(-n2nc(-c3ccc(F)c(F)c3)c3ccccc32)n1. The van der Waals surface area contributed by atoms with Crippen molar-refractivity contribution in [2.24, 2.45) is 0 Å².